The minimum Gasteiger partial charge on any atom is -0.208 e. The molecule has 6 aromatic heterocycles. The number of nitrogens with zero attached hydrogens (tertiary/aromatic N) is 9. The van der Waals surface area contributed by atoms with E-state index in [4.69, 9.17) is 44.9 Å². The highest BCUT2D eigenvalue weighted by Crippen LogP contribution is 2.62. The average molecular weight is 1940 g/mol. The number of hydrogen-bond acceptors (Lipinski definition) is 12. The molecule has 148 heavy (non-hydrogen) atoms. The van der Waals surface area contributed by atoms with Crippen LogP contribution in [0.3, 0.4) is 0 Å². The predicted molar refractivity (Wildman–Crippen MR) is 609 cm³/mol. The molecule has 6 heterocycles. The van der Waals surface area contributed by atoms with Crippen LogP contribution in [-0.2, 0) is 16.2 Å². The second-order valence-electron chi connectivity index (χ2n) is 37.6. The van der Waals surface area contributed by atoms with Crippen molar-refractivity contribution in [3.8, 4) is 145 Å². The van der Waals surface area contributed by atoms with Gasteiger partial charge < -0.3 is 0 Å². The lowest BCUT2D eigenvalue weighted by atomic mass is 9.67. The van der Waals surface area contributed by atoms with E-state index in [1.807, 2.05) is 24.3 Å². The molecule has 0 amide bonds. The van der Waals surface area contributed by atoms with Gasteiger partial charge in [0.15, 0.2) is 52.4 Å². The van der Waals surface area contributed by atoms with Crippen molar-refractivity contribution in [1.29, 1.82) is 0 Å². The van der Waals surface area contributed by atoms with E-state index >= 15 is 0 Å². The van der Waals surface area contributed by atoms with Gasteiger partial charge in [0.1, 0.15) is 0 Å². The first-order valence-corrected chi connectivity index (χ1v) is 52.3. The van der Waals surface area contributed by atoms with Crippen molar-refractivity contribution in [2.24, 2.45) is 0 Å². The van der Waals surface area contributed by atoms with Gasteiger partial charge in [-0.15, -0.1) is 34.0 Å². The van der Waals surface area contributed by atoms with Crippen LogP contribution < -0.4 is 0 Å². The first-order chi connectivity index (χ1) is 73.3. The van der Waals surface area contributed by atoms with Gasteiger partial charge in [0.25, 0.3) is 0 Å². The van der Waals surface area contributed by atoms with Crippen LogP contribution in [0.15, 0.2) is 528 Å². The number of rotatable bonds is 16. The first kappa shape index (κ1) is 88.5. The third-order valence-electron chi connectivity index (χ3n) is 29.3. The summed E-state index contributed by atoms with van der Waals surface area (Å²) in [5.41, 5.74) is 28.8. The van der Waals surface area contributed by atoms with Crippen molar-refractivity contribution in [1.82, 2.24) is 44.9 Å². The van der Waals surface area contributed by atoms with Crippen molar-refractivity contribution < 1.29 is 0 Å². The second-order valence-corrected chi connectivity index (χ2v) is 40.8. The van der Waals surface area contributed by atoms with Gasteiger partial charge in [0.05, 0.1) is 30.9 Å². The molecule has 3 aliphatic rings. The van der Waals surface area contributed by atoms with Gasteiger partial charge in [0, 0.05) is 47.5 Å². The molecule has 0 fully saturated rings. The van der Waals surface area contributed by atoms with Crippen molar-refractivity contribution in [2.75, 3.05) is 0 Å². The van der Waals surface area contributed by atoms with E-state index < -0.39 is 16.2 Å². The van der Waals surface area contributed by atoms with E-state index in [-0.39, 0.29) is 0 Å². The Bertz CT molecular complexity index is 9320. The fourth-order valence-electron chi connectivity index (χ4n) is 22.7. The summed E-state index contributed by atoms with van der Waals surface area (Å²) in [4.78, 5) is 49.6. The minimum absolute atomic E-state index is 0.492. The number of aromatic nitrogens is 9. The van der Waals surface area contributed by atoms with Crippen molar-refractivity contribution in [3.63, 3.8) is 0 Å². The molecule has 0 saturated carbocycles. The van der Waals surface area contributed by atoms with Crippen molar-refractivity contribution >= 4 is 75.0 Å². The molecule has 9 nitrogen and oxygen atoms in total. The molecular formula is C136H87N9S3. The van der Waals surface area contributed by atoms with Crippen LogP contribution in [0.25, 0.3) is 186 Å². The van der Waals surface area contributed by atoms with Gasteiger partial charge >= 0.3 is 0 Å². The highest BCUT2D eigenvalue weighted by molar-refractivity contribution is 7.23. The van der Waals surface area contributed by atoms with Crippen LogP contribution in [-0.4, -0.2) is 44.9 Å². The Balaban J connectivity index is 0.000000110. The SMILES string of the molecule is c1ccc(-c2ccc(-c3nc(-c4cc5ccccc5s4)nc(-c4cccc5c4-c4ccccc4C5(c4ccccc4)c4ccccc4)n3)cc2)cc1.c1ccc(-c2nc(-c3ccc4c(c3)C(c3ccccc3)(c3ccccc3)c3ccccc3-4)nc(-c3cc4ccccc4s3)n2)cc1.c1ccc(C2(c3ccccc3)c3ccccc3-c3ccc(-c4nc(-c5ccc6ccccc6c5)nc(-c5cc6ccccc6s5)n4)cc32)cc1. The molecule has 26 aromatic rings. The molecule has 0 saturated heterocycles. The Morgan fingerprint density at radius 1 is 0.135 bits per heavy atom. The standard InChI is InChI=1S/C48H31N3S.C46H29N3S.C42H27N3S/c1-4-15-32(16-5-1)33-27-29-34(30-28-33)45-49-46(51-47(50-45)43-31-35-17-10-13-26-42(35)52-43)39-23-14-25-41-44(39)38-22-11-12-24-40(38)48(41,36-18-6-2-7-19-36)37-20-8-3-9-21-37;1-3-16-35(17-4-1)46(36-18-5-2-6-19-36)39-21-11-10-20-37(39)38-26-25-34(28-40(38)46)44-47-43(33-24-23-30-13-7-8-14-31(30)27-33)48-45(49-44)42-29-32-15-9-12-22-41(32)50-42;1-4-14-28(15-5-1)39-43-40(45-41(44-39)38-27-29-16-10-13-23-37(29)46-38)30-24-25-34-33-21-11-12-22-35(33)42(36(34)26-30,31-17-6-2-7-18-31)32-19-8-3-9-20-32/h1-31H;1-29H;1-27H. The average Bonchev–Trinajstić information content (AvgIpc) is 1.54. The third-order valence-corrected chi connectivity index (χ3v) is 32.6. The summed E-state index contributed by atoms with van der Waals surface area (Å²) in [6, 6.07) is 188. The molecule has 0 atom stereocenters. The van der Waals surface area contributed by atoms with Crippen molar-refractivity contribution in [2.45, 2.75) is 16.2 Å². The number of benzene rings is 20. The summed E-state index contributed by atoms with van der Waals surface area (Å²) < 4.78 is 3.63. The highest BCUT2D eigenvalue weighted by atomic mass is 32.1. The minimum atomic E-state index is -0.512. The molecule has 694 valence electrons. The topological polar surface area (TPSA) is 116 Å². The van der Waals surface area contributed by atoms with Crippen LogP contribution in [0, 0.1) is 0 Å². The molecule has 0 N–H and O–H groups in total. The third kappa shape index (κ3) is 15.3. The van der Waals surface area contributed by atoms with Gasteiger partial charge in [-0.05, 0) is 193 Å². The molecule has 0 aliphatic heterocycles. The maximum Gasteiger partial charge on any atom is 0.174 e. The Hall–Kier alpha value is -18.4. The summed E-state index contributed by atoms with van der Waals surface area (Å²) in [6.45, 7) is 0. The fraction of sp³-hybridized carbons (Fsp3) is 0.0221. The first-order valence-electron chi connectivity index (χ1n) is 49.8. The molecule has 29 rings (SSSR count). The van der Waals surface area contributed by atoms with Crippen LogP contribution in [0.2, 0.25) is 0 Å². The summed E-state index contributed by atoms with van der Waals surface area (Å²) >= 11 is 5.14. The van der Waals surface area contributed by atoms with E-state index in [0.29, 0.717) is 52.4 Å². The predicted octanol–water partition coefficient (Wildman–Crippen LogP) is 34.2. The smallest absolute Gasteiger partial charge is 0.174 e. The molecule has 0 spiro atoms. The van der Waals surface area contributed by atoms with Crippen LogP contribution >= 0.6 is 34.0 Å². The zero-order valence-electron chi connectivity index (χ0n) is 80.0. The lowest BCUT2D eigenvalue weighted by molar-refractivity contribution is 0.768. The summed E-state index contributed by atoms with van der Waals surface area (Å²) in [5, 5.41) is 5.90. The Kier molecular flexibility index (Phi) is 22.4. The summed E-state index contributed by atoms with van der Waals surface area (Å²) in [6.07, 6.45) is 0. The van der Waals surface area contributed by atoms with Crippen molar-refractivity contribution in [3.05, 3.63) is 595 Å². The number of hydrogen-bond donors (Lipinski definition) is 0. The molecule has 20 aromatic carbocycles. The maximum absolute atomic E-state index is 5.29. The lowest BCUT2D eigenvalue weighted by Gasteiger charge is -2.34. The second kappa shape index (κ2) is 37.4. The van der Waals surface area contributed by atoms with Gasteiger partial charge in [-0.25, -0.2) is 44.9 Å². The van der Waals surface area contributed by atoms with Crippen LogP contribution in [0.1, 0.15) is 66.8 Å². The largest absolute Gasteiger partial charge is 0.208 e. The summed E-state index contributed by atoms with van der Waals surface area (Å²) in [5.74, 6) is 6.00. The van der Waals surface area contributed by atoms with Crippen LogP contribution in [0.4, 0.5) is 0 Å². The van der Waals surface area contributed by atoms with E-state index in [0.717, 1.165) is 64.5 Å². The maximum atomic E-state index is 5.29. The lowest BCUT2D eigenvalue weighted by Crippen LogP contribution is -2.28. The molecule has 12 heteroatoms. The van der Waals surface area contributed by atoms with Gasteiger partial charge in [-0.3, -0.25) is 0 Å². The molecule has 0 radical (unpaired) electrons. The molecule has 0 unspecified atom stereocenters. The van der Waals surface area contributed by atoms with Crippen LogP contribution in [0.5, 0.6) is 0 Å². The van der Waals surface area contributed by atoms with Gasteiger partial charge in [-0.2, -0.15) is 0 Å². The Labute approximate surface area is 868 Å². The highest BCUT2D eigenvalue weighted by Gasteiger charge is 2.50. The Morgan fingerprint density at radius 3 is 0.791 bits per heavy atom. The van der Waals surface area contributed by atoms with E-state index in [1.165, 1.54) is 136 Å². The molecule has 0 bridgehead atoms. The summed E-state index contributed by atoms with van der Waals surface area (Å²) in [7, 11) is 0. The molecular weight excluding hydrogens is 1860 g/mol. The zero-order valence-corrected chi connectivity index (χ0v) is 82.4. The van der Waals surface area contributed by atoms with E-state index in [9.17, 15) is 0 Å². The van der Waals surface area contributed by atoms with Gasteiger partial charge in [-0.1, -0.05) is 473 Å². The van der Waals surface area contributed by atoms with E-state index in [1.54, 1.807) is 34.0 Å². The molecule has 3 aliphatic carbocycles. The number of fused-ring (bicyclic) bond motifs is 13. The monoisotopic (exact) mass is 1940 g/mol. The van der Waals surface area contributed by atoms with Gasteiger partial charge in [0.2, 0.25) is 0 Å². The quantitative estimate of drug-likeness (QED) is 0.0932. The normalized spacial score (nSPS) is 12.9. The Morgan fingerprint density at radius 2 is 0.385 bits per heavy atom. The number of thiophene rings is 3. The van der Waals surface area contributed by atoms with E-state index in [2.05, 4.69) is 504 Å². The fourth-order valence-corrected chi connectivity index (χ4v) is 25.7. The zero-order chi connectivity index (χ0) is 98.1.